The van der Waals surface area contributed by atoms with E-state index in [0.29, 0.717) is 43.4 Å². The van der Waals surface area contributed by atoms with E-state index in [1.807, 2.05) is 61.2 Å². The van der Waals surface area contributed by atoms with Crippen LogP contribution in [0.1, 0.15) is 43.1 Å². The summed E-state index contributed by atoms with van der Waals surface area (Å²) in [5.41, 5.74) is 1.75. The summed E-state index contributed by atoms with van der Waals surface area (Å²) in [4.78, 5) is 14.9. The van der Waals surface area contributed by atoms with Gasteiger partial charge in [0.15, 0.2) is 11.5 Å². The molecular formula is C21H27NO3. The van der Waals surface area contributed by atoms with Crippen LogP contribution in [0.15, 0.2) is 48.5 Å². The number of hydrogen-bond donors (Lipinski definition) is 0. The van der Waals surface area contributed by atoms with Crippen LogP contribution < -0.4 is 9.47 Å². The van der Waals surface area contributed by atoms with Crippen molar-refractivity contribution in [1.29, 1.82) is 0 Å². The van der Waals surface area contributed by atoms with Crippen LogP contribution in [0, 0.1) is 0 Å². The quantitative estimate of drug-likeness (QED) is 0.672. The molecule has 0 unspecified atom stereocenters. The summed E-state index contributed by atoms with van der Waals surface area (Å²) in [6.45, 7) is 8.33. The summed E-state index contributed by atoms with van der Waals surface area (Å²) in [5, 5.41) is 0. The molecule has 0 fully saturated rings. The second-order valence-electron chi connectivity index (χ2n) is 5.74. The monoisotopic (exact) mass is 341 g/mol. The van der Waals surface area contributed by atoms with Gasteiger partial charge in [0.05, 0.1) is 13.2 Å². The van der Waals surface area contributed by atoms with E-state index >= 15 is 0 Å². The average molecular weight is 341 g/mol. The number of carbonyl (C=O) groups excluding carboxylic acids is 1. The van der Waals surface area contributed by atoms with Gasteiger partial charge in [0.25, 0.3) is 5.91 Å². The maximum atomic E-state index is 13.0. The number of rotatable bonds is 9. The van der Waals surface area contributed by atoms with Gasteiger partial charge in [-0.2, -0.15) is 0 Å². The molecule has 2 rings (SSSR count). The molecule has 0 spiro atoms. The van der Waals surface area contributed by atoms with Crippen molar-refractivity contribution in [3.8, 4) is 11.5 Å². The van der Waals surface area contributed by atoms with Crippen LogP contribution in [-0.2, 0) is 6.54 Å². The van der Waals surface area contributed by atoms with E-state index in [2.05, 4.69) is 6.92 Å². The zero-order chi connectivity index (χ0) is 18.1. The third-order valence-corrected chi connectivity index (χ3v) is 3.79. The summed E-state index contributed by atoms with van der Waals surface area (Å²) in [6.07, 6.45) is 0.911. The molecular weight excluding hydrogens is 314 g/mol. The van der Waals surface area contributed by atoms with E-state index < -0.39 is 0 Å². The minimum Gasteiger partial charge on any atom is -0.490 e. The van der Waals surface area contributed by atoms with Crippen molar-refractivity contribution in [2.75, 3.05) is 19.8 Å². The van der Waals surface area contributed by atoms with Crippen molar-refractivity contribution < 1.29 is 14.3 Å². The molecule has 0 saturated heterocycles. The molecule has 0 heterocycles. The first-order chi connectivity index (χ1) is 12.2. The van der Waals surface area contributed by atoms with Gasteiger partial charge in [0.1, 0.15) is 0 Å². The third-order valence-electron chi connectivity index (χ3n) is 3.79. The largest absolute Gasteiger partial charge is 0.490 e. The van der Waals surface area contributed by atoms with Crippen LogP contribution in [0.5, 0.6) is 11.5 Å². The van der Waals surface area contributed by atoms with Gasteiger partial charge in [-0.25, -0.2) is 0 Å². The molecule has 0 saturated carbocycles. The topological polar surface area (TPSA) is 38.8 Å². The lowest BCUT2D eigenvalue weighted by Gasteiger charge is -2.23. The van der Waals surface area contributed by atoms with Crippen LogP contribution in [0.4, 0.5) is 0 Å². The highest BCUT2D eigenvalue weighted by atomic mass is 16.5. The number of hydrogen-bond acceptors (Lipinski definition) is 3. The van der Waals surface area contributed by atoms with E-state index in [1.54, 1.807) is 6.07 Å². The maximum Gasteiger partial charge on any atom is 0.254 e. The minimum atomic E-state index is 0.00899. The van der Waals surface area contributed by atoms with E-state index in [1.165, 1.54) is 0 Å². The van der Waals surface area contributed by atoms with Crippen LogP contribution >= 0.6 is 0 Å². The van der Waals surface area contributed by atoms with Gasteiger partial charge in [-0.3, -0.25) is 4.79 Å². The number of nitrogens with zero attached hydrogens (tertiary/aromatic N) is 1. The van der Waals surface area contributed by atoms with E-state index in [0.717, 1.165) is 12.0 Å². The first-order valence-corrected chi connectivity index (χ1v) is 8.92. The summed E-state index contributed by atoms with van der Waals surface area (Å²) >= 11 is 0. The lowest BCUT2D eigenvalue weighted by Crippen LogP contribution is -2.31. The summed E-state index contributed by atoms with van der Waals surface area (Å²) in [6, 6.07) is 15.5. The molecule has 4 heteroatoms. The summed E-state index contributed by atoms with van der Waals surface area (Å²) < 4.78 is 11.2. The second kappa shape index (κ2) is 9.72. The van der Waals surface area contributed by atoms with Gasteiger partial charge in [-0.1, -0.05) is 37.3 Å². The van der Waals surface area contributed by atoms with Crippen molar-refractivity contribution >= 4 is 5.91 Å². The minimum absolute atomic E-state index is 0.00899. The lowest BCUT2D eigenvalue weighted by atomic mass is 10.1. The fourth-order valence-electron chi connectivity index (χ4n) is 2.69. The predicted octanol–water partition coefficient (Wildman–Crippen LogP) is 4.54. The predicted molar refractivity (Wildman–Crippen MR) is 100 cm³/mol. The van der Waals surface area contributed by atoms with Crippen molar-refractivity contribution in [1.82, 2.24) is 4.90 Å². The molecule has 4 nitrogen and oxygen atoms in total. The summed E-state index contributed by atoms with van der Waals surface area (Å²) in [7, 11) is 0. The smallest absolute Gasteiger partial charge is 0.254 e. The third kappa shape index (κ3) is 5.24. The zero-order valence-electron chi connectivity index (χ0n) is 15.3. The Hall–Kier alpha value is -2.49. The average Bonchev–Trinajstić information content (AvgIpc) is 2.63. The Bertz CT molecular complexity index is 670. The summed E-state index contributed by atoms with van der Waals surface area (Å²) in [5.74, 6) is 1.30. The number of ether oxygens (including phenoxy) is 2. The first kappa shape index (κ1) is 18.8. The molecule has 2 aromatic carbocycles. The fraction of sp³-hybridized carbons (Fsp3) is 0.381. The molecule has 0 aliphatic rings. The SMILES string of the molecule is CCCN(Cc1ccccc1)C(=O)c1ccc(OCC)c(OCC)c1. The van der Waals surface area contributed by atoms with Crippen molar-refractivity contribution in [2.24, 2.45) is 0 Å². The maximum absolute atomic E-state index is 13.0. The van der Waals surface area contributed by atoms with Gasteiger partial charge < -0.3 is 14.4 Å². The van der Waals surface area contributed by atoms with E-state index in [9.17, 15) is 4.79 Å². The van der Waals surface area contributed by atoms with Crippen LogP contribution in [0.3, 0.4) is 0 Å². The van der Waals surface area contributed by atoms with Gasteiger partial charge in [0.2, 0.25) is 0 Å². The Labute approximate surface area is 150 Å². The number of amides is 1. The Morgan fingerprint density at radius 2 is 1.60 bits per heavy atom. The molecule has 25 heavy (non-hydrogen) atoms. The van der Waals surface area contributed by atoms with E-state index in [4.69, 9.17) is 9.47 Å². The van der Waals surface area contributed by atoms with Gasteiger partial charge in [0, 0.05) is 18.7 Å². The second-order valence-corrected chi connectivity index (χ2v) is 5.74. The molecule has 2 aromatic rings. The van der Waals surface area contributed by atoms with Crippen LogP contribution in [-0.4, -0.2) is 30.6 Å². The number of benzene rings is 2. The standard InChI is InChI=1S/C21H27NO3/c1-4-14-22(16-17-10-8-7-9-11-17)21(23)18-12-13-19(24-5-2)20(15-18)25-6-3/h7-13,15H,4-6,14,16H2,1-3H3. The number of carbonyl (C=O) groups is 1. The highest BCUT2D eigenvalue weighted by Gasteiger charge is 2.18. The molecule has 134 valence electrons. The van der Waals surface area contributed by atoms with Crippen molar-refractivity contribution in [3.05, 3.63) is 59.7 Å². The lowest BCUT2D eigenvalue weighted by molar-refractivity contribution is 0.0742. The Kier molecular flexibility index (Phi) is 7.33. The highest BCUT2D eigenvalue weighted by molar-refractivity contribution is 5.95. The Morgan fingerprint density at radius 3 is 2.24 bits per heavy atom. The van der Waals surface area contributed by atoms with Gasteiger partial charge in [-0.05, 0) is 44.0 Å². The normalized spacial score (nSPS) is 10.4. The molecule has 0 N–H and O–H groups in total. The van der Waals surface area contributed by atoms with Crippen molar-refractivity contribution in [3.63, 3.8) is 0 Å². The van der Waals surface area contributed by atoms with Gasteiger partial charge >= 0.3 is 0 Å². The molecule has 0 bridgehead atoms. The Balaban J connectivity index is 2.24. The van der Waals surface area contributed by atoms with E-state index in [-0.39, 0.29) is 5.91 Å². The van der Waals surface area contributed by atoms with Crippen LogP contribution in [0.2, 0.25) is 0 Å². The fourth-order valence-corrected chi connectivity index (χ4v) is 2.69. The zero-order valence-corrected chi connectivity index (χ0v) is 15.3. The molecule has 1 amide bonds. The van der Waals surface area contributed by atoms with Crippen LogP contribution in [0.25, 0.3) is 0 Å². The van der Waals surface area contributed by atoms with Gasteiger partial charge in [-0.15, -0.1) is 0 Å². The first-order valence-electron chi connectivity index (χ1n) is 8.92. The molecule has 0 aliphatic carbocycles. The molecule has 0 radical (unpaired) electrons. The Morgan fingerprint density at radius 1 is 0.920 bits per heavy atom. The van der Waals surface area contributed by atoms with Crippen molar-refractivity contribution in [2.45, 2.75) is 33.7 Å². The molecule has 0 aliphatic heterocycles. The molecule has 0 aromatic heterocycles. The molecule has 0 atom stereocenters. The highest BCUT2D eigenvalue weighted by Crippen LogP contribution is 2.29.